The average Bonchev–Trinajstić information content (AvgIpc) is 2.59. The third-order valence-electron chi connectivity index (χ3n) is 3.90. The number of hydrogen-bond donors (Lipinski definition) is 1. The van der Waals surface area contributed by atoms with Crippen LogP contribution in [0.1, 0.15) is 11.6 Å². The van der Waals surface area contributed by atoms with Gasteiger partial charge in [0.15, 0.2) is 0 Å². The number of carbonyl (C=O) groups is 1. The van der Waals surface area contributed by atoms with Gasteiger partial charge in [-0.15, -0.1) is 0 Å². The summed E-state index contributed by atoms with van der Waals surface area (Å²) in [7, 11) is 1.74. The zero-order valence-corrected chi connectivity index (χ0v) is 12.2. The van der Waals surface area contributed by atoms with Crippen LogP contribution in [0, 0.1) is 5.82 Å². The maximum absolute atomic E-state index is 14.0. The summed E-state index contributed by atoms with van der Waals surface area (Å²) in [6, 6.07) is 4.87. The van der Waals surface area contributed by atoms with Gasteiger partial charge in [0, 0.05) is 36.7 Å². The van der Waals surface area contributed by atoms with Crippen molar-refractivity contribution in [3.63, 3.8) is 0 Å². The van der Waals surface area contributed by atoms with Gasteiger partial charge < -0.3 is 15.1 Å². The van der Waals surface area contributed by atoms with Gasteiger partial charge in [-0.1, -0.05) is 15.9 Å². The molecule has 0 aliphatic carbocycles. The molecule has 2 amide bonds. The van der Waals surface area contributed by atoms with Gasteiger partial charge >= 0.3 is 6.03 Å². The topological polar surface area (TPSA) is 35.6 Å². The van der Waals surface area contributed by atoms with E-state index in [1.165, 1.54) is 6.07 Å². The summed E-state index contributed by atoms with van der Waals surface area (Å²) < 4.78 is 14.8. The van der Waals surface area contributed by atoms with Crippen LogP contribution in [0.3, 0.4) is 0 Å². The molecule has 1 aromatic rings. The summed E-state index contributed by atoms with van der Waals surface area (Å²) in [5, 5.41) is 3.15. The molecule has 0 spiro atoms. The Kier molecular flexibility index (Phi) is 3.22. The number of likely N-dealkylation sites (N-methyl/N-ethyl adjacent to an activating group) is 1. The molecule has 1 atom stereocenters. The third kappa shape index (κ3) is 2.12. The molecule has 0 bridgehead atoms. The molecule has 0 saturated carbocycles. The van der Waals surface area contributed by atoms with Crippen molar-refractivity contribution < 1.29 is 9.18 Å². The molecule has 1 unspecified atom stereocenters. The van der Waals surface area contributed by atoms with Gasteiger partial charge in [0.05, 0.1) is 12.1 Å². The number of amides is 2. The summed E-state index contributed by atoms with van der Waals surface area (Å²) in [5.74, 6) is -0.263. The second kappa shape index (κ2) is 4.76. The Bertz CT molecular complexity index is 521. The van der Waals surface area contributed by atoms with E-state index in [2.05, 4.69) is 21.2 Å². The van der Waals surface area contributed by atoms with E-state index < -0.39 is 0 Å². The first-order valence-electron chi connectivity index (χ1n) is 6.27. The van der Waals surface area contributed by atoms with Crippen molar-refractivity contribution in [1.82, 2.24) is 15.1 Å². The quantitative estimate of drug-likeness (QED) is 0.901. The number of halogens is 2. The monoisotopic (exact) mass is 327 g/mol. The molecule has 2 saturated heterocycles. The molecule has 2 fully saturated rings. The summed E-state index contributed by atoms with van der Waals surface area (Å²) in [5.41, 5.74) is 0.569. The molecule has 6 heteroatoms. The predicted octanol–water partition coefficient (Wildman–Crippen LogP) is 1.97. The van der Waals surface area contributed by atoms with Gasteiger partial charge in [0.25, 0.3) is 0 Å². The number of carbonyl (C=O) groups excluding carboxylic acids is 1. The first-order chi connectivity index (χ1) is 9.08. The minimum Gasteiger partial charge on any atom is -0.319 e. The van der Waals surface area contributed by atoms with Crippen molar-refractivity contribution in [3.05, 3.63) is 34.1 Å². The molecule has 102 valence electrons. The molecule has 1 N–H and O–H groups in total. The predicted molar refractivity (Wildman–Crippen MR) is 73.4 cm³/mol. The van der Waals surface area contributed by atoms with Crippen molar-refractivity contribution in [2.24, 2.45) is 0 Å². The SMILES string of the molecule is CN1C(=O)N(C2CNC2)CC1c1cc(Br)ccc1F. The molecular weight excluding hydrogens is 313 g/mol. The summed E-state index contributed by atoms with van der Waals surface area (Å²) in [4.78, 5) is 15.7. The van der Waals surface area contributed by atoms with E-state index in [1.54, 1.807) is 24.1 Å². The minimum atomic E-state index is -0.263. The van der Waals surface area contributed by atoms with Crippen molar-refractivity contribution in [2.45, 2.75) is 12.1 Å². The Morgan fingerprint density at radius 3 is 2.79 bits per heavy atom. The van der Waals surface area contributed by atoms with Crippen LogP contribution in [0.5, 0.6) is 0 Å². The molecule has 2 aliphatic rings. The molecule has 2 heterocycles. The lowest BCUT2D eigenvalue weighted by atomic mass is 10.1. The molecule has 4 nitrogen and oxygen atoms in total. The van der Waals surface area contributed by atoms with Crippen molar-refractivity contribution in [1.29, 1.82) is 0 Å². The normalized spacial score (nSPS) is 23.9. The molecule has 3 rings (SSSR count). The first-order valence-corrected chi connectivity index (χ1v) is 7.06. The zero-order valence-electron chi connectivity index (χ0n) is 10.6. The lowest BCUT2D eigenvalue weighted by Gasteiger charge is -2.34. The van der Waals surface area contributed by atoms with Gasteiger partial charge in [-0.3, -0.25) is 0 Å². The van der Waals surface area contributed by atoms with Gasteiger partial charge in [-0.05, 0) is 18.2 Å². The largest absolute Gasteiger partial charge is 0.320 e. The number of benzene rings is 1. The first kappa shape index (κ1) is 12.9. The highest BCUT2D eigenvalue weighted by Gasteiger charge is 2.41. The summed E-state index contributed by atoms with van der Waals surface area (Å²) >= 11 is 3.35. The van der Waals surface area contributed by atoms with Crippen molar-refractivity contribution in [2.75, 3.05) is 26.7 Å². The Hall–Kier alpha value is -1.14. The highest BCUT2D eigenvalue weighted by Crippen LogP contribution is 2.32. The Morgan fingerprint density at radius 1 is 1.42 bits per heavy atom. The van der Waals surface area contributed by atoms with Crippen LogP contribution >= 0.6 is 15.9 Å². The lowest BCUT2D eigenvalue weighted by Crippen LogP contribution is -2.57. The summed E-state index contributed by atoms with van der Waals surface area (Å²) in [6.45, 7) is 2.20. The van der Waals surface area contributed by atoms with E-state index in [-0.39, 0.29) is 23.9 Å². The average molecular weight is 328 g/mol. The number of nitrogens with zero attached hydrogens (tertiary/aromatic N) is 2. The van der Waals surface area contributed by atoms with Crippen molar-refractivity contribution >= 4 is 22.0 Å². The van der Waals surface area contributed by atoms with E-state index in [1.807, 2.05) is 4.90 Å². The fraction of sp³-hybridized carbons (Fsp3) is 0.462. The smallest absolute Gasteiger partial charge is 0.319 e. The Morgan fingerprint density at radius 2 is 2.16 bits per heavy atom. The van der Waals surface area contributed by atoms with E-state index in [0.29, 0.717) is 12.1 Å². The van der Waals surface area contributed by atoms with Crippen LogP contribution in [-0.2, 0) is 0 Å². The number of hydrogen-bond acceptors (Lipinski definition) is 2. The number of urea groups is 1. The maximum Gasteiger partial charge on any atom is 0.320 e. The van der Waals surface area contributed by atoms with Crippen LogP contribution in [0.4, 0.5) is 9.18 Å². The highest BCUT2D eigenvalue weighted by molar-refractivity contribution is 9.10. The molecule has 0 radical (unpaired) electrons. The van der Waals surface area contributed by atoms with Crippen LogP contribution in [-0.4, -0.2) is 48.6 Å². The second-order valence-electron chi connectivity index (χ2n) is 5.04. The highest BCUT2D eigenvalue weighted by atomic mass is 79.9. The molecule has 0 aromatic heterocycles. The molecule has 1 aromatic carbocycles. The fourth-order valence-electron chi connectivity index (χ4n) is 2.60. The van der Waals surface area contributed by atoms with Crippen molar-refractivity contribution in [3.8, 4) is 0 Å². The maximum atomic E-state index is 14.0. The molecular formula is C13H15BrFN3O. The van der Waals surface area contributed by atoms with E-state index >= 15 is 0 Å². The van der Waals surface area contributed by atoms with E-state index in [4.69, 9.17) is 0 Å². The fourth-order valence-corrected chi connectivity index (χ4v) is 2.98. The Balaban J connectivity index is 1.88. The van der Waals surface area contributed by atoms with Gasteiger partial charge in [-0.25, -0.2) is 9.18 Å². The zero-order chi connectivity index (χ0) is 13.6. The third-order valence-corrected chi connectivity index (χ3v) is 4.40. The van der Waals surface area contributed by atoms with E-state index in [9.17, 15) is 9.18 Å². The number of rotatable bonds is 2. The van der Waals surface area contributed by atoms with Crippen LogP contribution in [0.15, 0.2) is 22.7 Å². The number of nitrogens with one attached hydrogen (secondary N) is 1. The second-order valence-corrected chi connectivity index (χ2v) is 5.96. The Labute approximate surface area is 119 Å². The molecule has 2 aliphatic heterocycles. The van der Waals surface area contributed by atoms with Gasteiger partial charge in [-0.2, -0.15) is 0 Å². The van der Waals surface area contributed by atoms with Gasteiger partial charge in [0.1, 0.15) is 5.82 Å². The lowest BCUT2D eigenvalue weighted by molar-refractivity contribution is 0.162. The summed E-state index contributed by atoms with van der Waals surface area (Å²) in [6.07, 6.45) is 0. The van der Waals surface area contributed by atoms with Crippen LogP contribution in [0.25, 0.3) is 0 Å². The van der Waals surface area contributed by atoms with E-state index in [0.717, 1.165) is 17.6 Å². The van der Waals surface area contributed by atoms with Gasteiger partial charge in [0.2, 0.25) is 0 Å². The molecule has 19 heavy (non-hydrogen) atoms. The minimum absolute atomic E-state index is 0.0177. The standard InChI is InChI=1S/C13H15BrFN3O/c1-17-12(10-4-8(14)2-3-11(10)15)7-18(13(17)19)9-5-16-6-9/h2-4,9,12,16H,5-7H2,1H3. The van der Waals surface area contributed by atoms with Crippen LogP contribution in [0.2, 0.25) is 0 Å². The van der Waals surface area contributed by atoms with Crippen LogP contribution < -0.4 is 5.32 Å².